The summed E-state index contributed by atoms with van der Waals surface area (Å²) in [5.74, 6) is 0.497. The summed E-state index contributed by atoms with van der Waals surface area (Å²) < 4.78 is 5.36. The van der Waals surface area contributed by atoms with Gasteiger partial charge in [0.25, 0.3) is 5.91 Å². The van der Waals surface area contributed by atoms with Crippen LogP contribution in [0.1, 0.15) is 29.8 Å². The lowest BCUT2D eigenvalue weighted by atomic mass is 10.1. The predicted octanol–water partition coefficient (Wildman–Crippen LogP) is 3.31. The van der Waals surface area contributed by atoms with Crippen LogP contribution >= 0.6 is 0 Å². The van der Waals surface area contributed by atoms with E-state index < -0.39 is 0 Å². The van der Waals surface area contributed by atoms with Crippen molar-refractivity contribution in [1.82, 2.24) is 5.43 Å². The maximum Gasteiger partial charge on any atom is 0.271 e. The highest BCUT2D eigenvalue weighted by molar-refractivity contribution is 6.01. The average Bonchev–Trinajstić information content (AvgIpc) is 2.60. The van der Waals surface area contributed by atoms with Gasteiger partial charge in [-0.1, -0.05) is 12.1 Å². The zero-order chi connectivity index (χ0) is 17.5. The maximum absolute atomic E-state index is 12.1. The van der Waals surface area contributed by atoms with Gasteiger partial charge in [0.15, 0.2) is 0 Å². The summed E-state index contributed by atoms with van der Waals surface area (Å²) in [5, 5.41) is 4.18. The molecule has 0 aliphatic carbocycles. The van der Waals surface area contributed by atoms with Crippen LogP contribution in [-0.2, 0) is 0 Å². The van der Waals surface area contributed by atoms with Gasteiger partial charge in [-0.05, 0) is 55.8 Å². The monoisotopic (exact) mass is 325 g/mol. The van der Waals surface area contributed by atoms with Crippen LogP contribution < -0.4 is 15.1 Å². The third kappa shape index (κ3) is 4.59. The number of hydrogen-bond donors (Lipinski definition) is 1. The molecule has 5 nitrogen and oxygen atoms in total. The molecule has 0 aliphatic rings. The first-order chi connectivity index (χ1) is 11.5. The molecule has 0 aromatic heterocycles. The summed E-state index contributed by atoms with van der Waals surface area (Å²) >= 11 is 0. The quantitative estimate of drug-likeness (QED) is 0.655. The first-order valence-corrected chi connectivity index (χ1v) is 7.86. The van der Waals surface area contributed by atoms with Gasteiger partial charge in [0.2, 0.25) is 0 Å². The van der Waals surface area contributed by atoms with Crippen molar-refractivity contribution in [2.45, 2.75) is 13.8 Å². The minimum atomic E-state index is -0.248. The lowest BCUT2D eigenvalue weighted by Gasteiger charge is -2.12. The van der Waals surface area contributed by atoms with E-state index in [-0.39, 0.29) is 5.91 Å². The Morgan fingerprint density at radius 2 is 1.62 bits per heavy atom. The summed E-state index contributed by atoms with van der Waals surface area (Å²) in [7, 11) is 3.99. The predicted molar refractivity (Wildman–Crippen MR) is 98.1 cm³/mol. The molecule has 2 rings (SSSR count). The topological polar surface area (TPSA) is 53.9 Å². The summed E-state index contributed by atoms with van der Waals surface area (Å²) in [6.45, 7) is 4.38. The summed E-state index contributed by atoms with van der Waals surface area (Å²) in [6.07, 6.45) is 0. The smallest absolute Gasteiger partial charge is 0.271 e. The van der Waals surface area contributed by atoms with E-state index in [0.29, 0.717) is 12.2 Å². The van der Waals surface area contributed by atoms with Crippen molar-refractivity contribution in [1.29, 1.82) is 0 Å². The standard InChI is InChI=1S/C19H23N3O2/c1-5-24-18-12-8-16(9-13-18)19(23)21-20-14(2)15-6-10-17(11-7-15)22(3)4/h6-13H,5H2,1-4H3,(H,21,23)/b20-14-. The van der Waals surface area contributed by atoms with Crippen LogP contribution in [0.3, 0.4) is 0 Å². The van der Waals surface area contributed by atoms with Gasteiger partial charge in [0, 0.05) is 25.3 Å². The van der Waals surface area contributed by atoms with Gasteiger partial charge >= 0.3 is 0 Å². The molecule has 0 heterocycles. The van der Waals surface area contributed by atoms with E-state index in [4.69, 9.17) is 4.74 Å². The van der Waals surface area contributed by atoms with Crippen molar-refractivity contribution in [2.75, 3.05) is 25.6 Å². The Morgan fingerprint density at radius 1 is 1.04 bits per heavy atom. The third-order valence-corrected chi connectivity index (χ3v) is 3.55. The van der Waals surface area contributed by atoms with Gasteiger partial charge in [-0.2, -0.15) is 5.10 Å². The molecule has 24 heavy (non-hydrogen) atoms. The highest BCUT2D eigenvalue weighted by atomic mass is 16.5. The van der Waals surface area contributed by atoms with Gasteiger partial charge in [0.1, 0.15) is 5.75 Å². The Bertz CT molecular complexity index is 704. The SMILES string of the molecule is CCOc1ccc(C(=O)N/N=C(/C)c2ccc(N(C)C)cc2)cc1. The molecule has 0 saturated heterocycles. The number of carbonyl (C=O) groups excluding carboxylic acids is 1. The van der Waals surface area contributed by atoms with Gasteiger partial charge in [-0.3, -0.25) is 4.79 Å². The van der Waals surface area contributed by atoms with E-state index in [2.05, 4.69) is 10.5 Å². The number of amides is 1. The number of nitrogens with one attached hydrogen (secondary N) is 1. The molecule has 2 aromatic rings. The number of hydrazone groups is 1. The van der Waals surface area contributed by atoms with Crippen molar-refractivity contribution in [3.63, 3.8) is 0 Å². The summed E-state index contributed by atoms with van der Waals surface area (Å²) in [6, 6.07) is 15.0. The number of carbonyl (C=O) groups is 1. The zero-order valence-electron chi connectivity index (χ0n) is 14.5. The largest absolute Gasteiger partial charge is 0.494 e. The number of hydrogen-bond acceptors (Lipinski definition) is 4. The second-order valence-corrected chi connectivity index (χ2v) is 5.54. The molecular weight excluding hydrogens is 302 g/mol. The Morgan fingerprint density at radius 3 is 2.17 bits per heavy atom. The fourth-order valence-electron chi connectivity index (χ4n) is 2.13. The Balaban J connectivity index is 2.01. The lowest BCUT2D eigenvalue weighted by molar-refractivity contribution is 0.0955. The molecule has 0 spiro atoms. The zero-order valence-corrected chi connectivity index (χ0v) is 14.5. The second kappa shape index (κ2) is 8.15. The van der Waals surface area contributed by atoms with E-state index >= 15 is 0 Å². The Hall–Kier alpha value is -2.82. The third-order valence-electron chi connectivity index (χ3n) is 3.55. The van der Waals surface area contributed by atoms with Crippen molar-refractivity contribution in [3.05, 3.63) is 59.7 Å². The van der Waals surface area contributed by atoms with Crippen LogP contribution in [0.5, 0.6) is 5.75 Å². The molecule has 1 N–H and O–H groups in total. The lowest BCUT2D eigenvalue weighted by Crippen LogP contribution is -2.19. The minimum Gasteiger partial charge on any atom is -0.494 e. The molecule has 0 saturated carbocycles. The molecule has 0 fully saturated rings. The summed E-state index contributed by atoms with van der Waals surface area (Å²) in [4.78, 5) is 14.2. The number of nitrogens with zero attached hydrogens (tertiary/aromatic N) is 2. The van der Waals surface area contributed by atoms with Gasteiger partial charge in [-0.15, -0.1) is 0 Å². The van der Waals surface area contributed by atoms with Crippen LogP contribution in [0.25, 0.3) is 0 Å². The first kappa shape index (κ1) is 17.5. The van der Waals surface area contributed by atoms with Crippen LogP contribution in [0.2, 0.25) is 0 Å². The molecule has 0 aliphatic heterocycles. The highest BCUT2D eigenvalue weighted by Crippen LogP contribution is 2.13. The molecule has 0 bridgehead atoms. The van der Waals surface area contributed by atoms with Crippen molar-refractivity contribution < 1.29 is 9.53 Å². The number of benzene rings is 2. The molecular formula is C19H23N3O2. The fourth-order valence-corrected chi connectivity index (χ4v) is 2.13. The van der Waals surface area contributed by atoms with E-state index in [1.54, 1.807) is 24.3 Å². The van der Waals surface area contributed by atoms with Crippen molar-refractivity contribution >= 4 is 17.3 Å². The van der Waals surface area contributed by atoms with Crippen LogP contribution in [0.4, 0.5) is 5.69 Å². The molecule has 0 atom stereocenters. The number of rotatable bonds is 6. The molecule has 0 unspecified atom stereocenters. The van der Waals surface area contributed by atoms with Crippen molar-refractivity contribution in [2.24, 2.45) is 5.10 Å². The average molecular weight is 325 g/mol. The number of anilines is 1. The van der Waals surface area contributed by atoms with Crippen LogP contribution in [0.15, 0.2) is 53.6 Å². The van der Waals surface area contributed by atoms with Gasteiger partial charge < -0.3 is 9.64 Å². The molecule has 2 aromatic carbocycles. The second-order valence-electron chi connectivity index (χ2n) is 5.54. The first-order valence-electron chi connectivity index (χ1n) is 7.86. The molecule has 0 radical (unpaired) electrons. The molecule has 126 valence electrons. The van der Waals surface area contributed by atoms with E-state index in [1.807, 2.05) is 57.1 Å². The normalized spacial score (nSPS) is 11.1. The van der Waals surface area contributed by atoms with Gasteiger partial charge in [-0.25, -0.2) is 5.43 Å². The van der Waals surface area contributed by atoms with Crippen LogP contribution in [0, 0.1) is 0 Å². The molecule has 5 heteroatoms. The molecule has 1 amide bonds. The Kier molecular flexibility index (Phi) is 5.95. The van der Waals surface area contributed by atoms with E-state index in [1.165, 1.54) is 0 Å². The van der Waals surface area contributed by atoms with E-state index in [9.17, 15) is 4.79 Å². The maximum atomic E-state index is 12.1. The van der Waals surface area contributed by atoms with Crippen molar-refractivity contribution in [3.8, 4) is 5.75 Å². The minimum absolute atomic E-state index is 0.248. The summed E-state index contributed by atoms with van der Waals surface area (Å²) in [5.41, 5.74) is 5.95. The van der Waals surface area contributed by atoms with Gasteiger partial charge in [0.05, 0.1) is 12.3 Å². The Labute approximate surface area is 142 Å². The number of ether oxygens (including phenoxy) is 1. The fraction of sp³-hybridized carbons (Fsp3) is 0.263. The van der Waals surface area contributed by atoms with E-state index in [0.717, 1.165) is 22.7 Å². The highest BCUT2D eigenvalue weighted by Gasteiger charge is 2.05. The van der Waals surface area contributed by atoms with Crippen LogP contribution in [-0.4, -0.2) is 32.3 Å².